The number of nitrogens with zero attached hydrogens (tertiary/aromatic N) is 3. The van der Waals surface area contributed by atoms with Crippen molar-refractivity contribution in [1.29, 1.82) is 0 Å². The van der Waals surface area contributed by atoms with Gasteiger partial charge in [0.05, 0.1) is 0 Å². The zero-order chi connectivity index (χ0) is 19.3. The highest BCUT2D eigenvalue weighted by Gasteiger charge is 2.24. The second-order valence-corrected chi connectivity index (χ2v) is 6.95. The first-order valence-electron chi connectivity index (χ1n) is 9.68. The minimum absolute atomic E-state index is 0.202. The number of likely N-dealkylation sites (N-methyl/N-ethyl adjacent to an activating group) is 1. The molecule has 1 fully saturated rings. The van der Waals surface area contributed by atoms with E-state index < -0.39 is 0 Å². The van der Waals surface area contributed by atoms with Crippen molar-refractivity contribution in [3.05, 3.63) is 54.2 Å². The molecule has 0 aliphatic carbocycles. The van der Waals surface area contributed by atoms with Crippen LogP contribution in [0.4, 0.5) is 0 Å². The molecule has 0 bridgehead atoms. The van der Waals surface area contributed by atoms with E-state index in [1.165, 1.54) is 6.42 Å². The molecule has 1 atom stereocenters. The number of aromatic nitrogens is 2. The van der Waals surface area contributed by atoms with Gasteiger partial charge in [0.1, 0.15) is 12.4 Å². The topological polar surface area (TPSA) is 80.5 Å². The number of pyridine rings is 1. The molecule has 1 aliphatic heterocycles. The summed E-state index contributed by atoms with van der Waals surface area (Å²) in [4.78, 5) is 18.9. The highest BCUT2D eigenvalue weighted by atomic mass is 16.5. The normalized spacial score (nSPS) is 17.1. The maximum atomic E-state index is 12.4. The van der Waals surface area contributed by atoms with E-state index in [-0.39, 0.29) is 18.2 Å². The largest absolute Gasteiger partial charge is 0.485 e. The van der Waals surface area contributed by atoms with E-state index in [2.05, 4.69) is 27.3 Å². The zero-order valence-electron chi connectivity index (χ0n) is 15.9. The molecule has 146 valence electrons. The Kier molecular flexibility index (Phi) is 5.53. The Labute approximate surface area is 163 Å². The van der Waals surface area contributed by atoms with Crippen LogP contribution in [0, 0.1) is 0 Å². The Balaban J connectivity index is 1.34. The van der Waals surface area contributed by atoms with Gasteiger partial charge in [0.15, 0.2) is 11.5 Å². The van der Waals surface area contributed by atoms with Crippen LogP contribution < -0.4 is 10.1 Å². The number of carbonyl (C=O) groups excluding carboxylic acids is 1. The first-order valence-corrected chi connectivity index (χ1v) is 9.68. The molecule has 1 aromatic carbocycles. The minimum atomic E-state index is -0.214. The van der Waals surface area contributed by atoms with Gasteiger partial charge < -0.3 is 14.6 Å². The van der Waals surface area contributed by atoms with Gasteiger partial charge >= 0.3 is 0 Å². The third kappa shape index (κ3) is 3.99. The van der Waals surface area contributed by atoms with E-state index in [4.69, 9.17) is 9.26 Å². The lowest BCUT2D eigenvalue weighted by molar-refractivity contribution is 0.0932. The monoisotopic (exact) mass is 380 g/mol. The van der Waals surface area contributed by atoms with Crippen molar-refractivity contribution in [2.24, 2.45) is 0 Å². The fraction of sp³-hybridized carbons (Fsp3) is 0.381. The second-order valence-electron chi connectivity index (χ2n) is 6.95. The van der Waals surface area contributed by atoms with Gasteiger partial charge in [-0.25, -0.2) is 0 Å². The predicted molar refractivity (Wildman–Crippen MR) is 105 cm³/mol. The molecule has 1 aliphatic rings. The summed E-state index contributed by atoms with van der Waals surface area (Å²) in [6, 6.07) is 9.75. The molecule has 28 heavy (non-hydrogen) atoms. The summed E-state index contributed by atoms with van der Waals surface area (Å²) in [5.74, 6) is 1.03. The zero-order valence-corrected chi connectivity index (χ0v) is 15.9. The number of ether oxygens (including phenoxy) is 1. The number of amides is 1. The van der Waals surface area contributed by atoms with Gasteiger partial charge in [-0.15, -0.1) is 0 Å². The van der Waals surface area contributed by atoms with E-state index in [1.807, 2.05) is 24.3 Å². The van der Waals surface area contributed by atoms with Crippen molar-refractivity contribution in [3.63, 3.8) is 0 Å². The van der Waals surface area contributed by atoms with Crippen LogP contribution in [0.15, 0.2) is 47.2 Å². The molecule has 0 radical (unpaired) electrons. The van der Waals surface area contributed by atoms with Crippen LogP contribution in [0.2, 0.25) is 0 Å². The average Bonchev–Trinajstić information content (AvgIpc) is 3.39. The lowest BCUT2D eigenvalue weighted by atomic mass is 10.1. The Bertz CT molecular complexity index is 950. The van der Waals surface area contributed by atoms with E-state index >= 15 is 0 Å². The van der Waals surface area contributed by atoms with Crippen LogP contribution >= 0.6 is 0 Å². The van der Waals surface area contributed by atoms with Crippen molar-refractivity contribution < 1.29 is 14.1 Å². The number of hydrogen-bond acceptors (Lipinski definition) is 6. The summed E-state index contributed by atoms with van der Waals surface area (Å²) in [5.41, 5.74) is 0.279. The molecule has 0 saturated carbocycles. The Hall–Kier alpha value is -2.93. The summed E-state index contributed by atoms with van der Waals surface area (Å²) in [5, 5.41) is 8.83. The Morgan fingerprint density at radius 2 is 2.32 bits per heavy atom. The van der Waals surface area contributed by atoms with Crippen molar-refractivity contribution in [2.75, 3.05) is 19.6 Å². The molecular formula is C21H24N4O3. The molecule has 1 amide bonds. The van der Waals surface area contributed by atoms with Gasteiger partial charge in [0.2, 0.25) is 0 Å². The number of nitrogens with one attached hydrogen (secondary N) is 1. The molecule has 0 spiro atoms. The summed E-state index contributed by atoms with van der Waals surface area (Å²) >= 11 is 0. The van der Waals surface area contributed by atoms with E-state index in [0.717, 1.165) is 36.0 Å². The first-order chi connectivity index (χ1) is 13.7. The number of carbonyl (C=O) groups is 1. The summed E-state index contributed by atoms with van der Waals surface area (Å²) < 4.78 is 11.1. The average molecular weight is 380 g/mol. The smallest absolute Gasteiger partial charge is 0.273 e. The molecule has 2 aromatic heterocycles. The molecule has 3 aromatic rings. The van der Waals surface area contributed by atoms with Crippen LogP contribution in [0.25, 0.3) is 10.8 Å². The summed E-state index contributed by atoms with van der Waals surface area (Å²) in [6.45, 7) is 5.10. The van der Waals surface area contributed by atoms with Crippen molar-refractivity contribution in [1.82, 2.24) is 20.4 Å². The van der Waals surface area contributed by atoms with Crippen LogP contribution in [0.1, 0.15) is 36.0 Å². The number of hydrogen-bond donors (Lipinski definition) is 1. The van der Waals surface area contributed by atoms with Crippen molar-refractivity contribution >= 4 is 16.7 Å². The van der Waals surface area contributed by atoms with Crippen LogP contribution in [-0.4, -0.2) is 46.6 Å². The highest BCUT2D eigenvalue weighted by molar-refractivity contribution is 5.92. The third-order valence-corrected chi connectivity index (χ3v) is 5.21. The van der Waals surface area contributed by atoms with E-state index in [0.29, 0.717) is 18.3 Å². The molecule has 1 N–H and O–H groups in total. The fourth-order valence-corrected chi connectivity index (χ4v) is 3.70. The van der Waals surface area contributed by atoms with Crippen molar-refractivity contribution in [2.45, 2.75) is 32.4 Å². The maximum Gasteiger partial charge on any atom is 0.273 e. The molecule has 1 saturated heterocycles. The number of fused-ring (bicyclic) bond motifs is 1. The SMILES string of the molecule is CCN1CCC[C@@H]1CNC(=O)c1cc(COc2cccc3cnccc23)on1. The number of likely N-dealkylation sites (tertiary alicyclic amines) is 1. The second kappa shape index (κ2) is 8.39. The lowest BCUT2D eigenvalue weighted by Crippen LogP contribution is -2.40. The van der Waals surface area contributed by atoms with Gasteiger partial charge in [-0.1, -0.05) is 24.2 Å². The molecule has 0 unspecified atom stereocenters. The van der Waals surface area contributed by atoms with Crippen LogP contribution in [0.3, 0.4) is 0 Å². The maximum absolute atomic E-state index is 12.4. The summed E-state index contributed by atoms with van der Waals surface area (Å²) in [6.07, 6.45) is 5.83. The quantitative estimate of drug-likeness (QED) is 0.679. The molecule has 3 heterocycles. The molecular weight excluding hydrogens is 356 g/mol. The fourth-order valence-electron chi connectivity index (χ4n) is 3.70. The number of benzene rings is 1. The Morgan fingerprint density at radius 3 is 3.21 bits per heavy atom. The predicted octanol–water partition coefficient (Wildman–Crippen LogP) is 3.02. The van der Waals surface area contributed by atoms with Gasteiger partial charge in [0, 0.05) is 41.8 Å². The number of rotatable bonds is 7. The van der Waals surface area contributed by atoms with Gasteiger partial charge in [0.25, 0.3) is 5.91 Å². The minimum Gasteiger partial charge on any atom is -0.485 e. The summed E-state index contributed by atoms with van der Waals surface area (Å²) in [7, 11) is 0. The van der Waals surface area contributed by atoms with E-state index in [9.17, 15) is 4.79 Å². The van der Waals surface area contributed by atoms with Crippen LogP contribution in [-0.2, 0) is 6.61 Å². The van der Waals surface area contributed by atoms with Crippen LogP contribution in [0.5, 0.6) is 5.75 Å². The molecule has 7 heteroatoms. The van der Waals surface area contributed by atoms with Gasteiger partial charge in [-0.2, -0.15) is 0 Å². The van der Waals surface area contributed by atoms with Gasteiger partial charge in [-0.05, 0) is 38.1 Å². The Morgan fingerprint density at radius 1 is 1.39 bits per heavy atom. The third-order valence-electron chi connectivity index (χ3n) is 5.21. The van der Waals surface area contributed by atoms with Crippen molar-refractivity contribution in [3.8, 4) is 5.75 Å². The van der Waals surface area contributed by atoms with Gasteiger partial charge in [-0.3, -0.25) is 14.7 Å². The highest BCUT2D eigenvalue weighted by Crippen LogP contribution is 2.25. The lowest BCUT2D eigenvalue weighted by Gasteiger charge is -2.22. The standard InChI is InChI=1S/C21H24N4O3/c1-2-25-10-4-6-16(25)13-23-21(26)19-11-17(28-24-19)14-27-20-7-3-5-15-12-22-9-8-18(15)20/h3,5,7-9,11-12,16H,2,4,6,10,13-14H2,1H3,(H,23,26)/t16-/m1/s1. The molecule has 4 rings (SSSR count). The molecule has 7 nitrogen and oxygen atoms in total. The first kappa shape index (κ1) is 18.4. The van der Waals surface area contributed by atoms with E-state index in [1.54, 1.807) is 18.5 Å².